The molecule has 0 aliphatic carbocycles. The Kier molecular flexibility index (Phi) is 3.32. The van der Waals surface area contributed by atoms with E-state index in [1.807, 2.05) is 34.9 Å². The molecule has 1 aromatic heterocycles. The number of nitrogens with zero attached hydrogens (tertiary/aromatic N) is 2. The maximum Gasteiger partial charge on any atom is 0.151 e. The van der Waals surface area contributed by atoms with Crippen molar-refractivity contribution >= 4 is 22.6 Å². The number of ether oxygens (including phenoxy) is 1. The van der Waals surface area contributed by atoms with Crippen LogP contribution in [0.3, 0.4) is 0 Å². The molecule has 0 bridgehead atoms. The number of aromatic nitrogens is 2. The maximum atomic E-state index is 13.8. The van der Waals surface area contributed by atoms with Crippen LogP contribution in [0.4, 0.5) is 4.39 Å². The van der Waals surface area contributed by atoms with E-state index >= 15 is 0 Å². The molecule has 3 rings (SSSR count). The minimum Gasteiger partial charge on any atom is -0.497 e. The van der Waals surface area contributed by atoms with E-state index < -0.39 is 0 Å². The molecule has 0 unspecified atom stereocenters. The molecule has 0 spiro atoms. The summed E-state index contributed by atoms with van der Waals surface area (Å²) in [5.74, 6) is 1.17. The lowest BCUT2D eigenvalue weighted by atomic mass is 10.2. The standard InChI is InChI=1S/C15H12ClFN2O/c1-20-11-5-2-4-10(8-11)19-13-7-3-6-12(17)15(13)18-14(19)9-16/h2-8H,9H2,1H3. The maximum absolute atomic E-state index is 13.8. The molecule has 0 atom stereocenters. The van der Waals surface area contributed by atoms with Crippen molar-refractivity contribution in [1.82, 2.24) is 9.55 Å². The summed E-state index contributed by atoms with van der Waals surface area (Å²) < 4.78 is 20.9. The van der Waals surface area contributed by atoms with Crippen LogP contribution in [0.2, 0.25) is 0 Å². The summed E-state index contributed by atoms with van der Waals surface area (Å²) in [6.45, 7) is 0. The third-order valence-electron chi connectivity index (χ3n) is 3.14. The van der Waals surface area contributed by atoms with Gasteiger partial charge in [0.1, 0.15) is 17.1 Å². The molecule has 0 aliphatic heterocycles. The van der Waals surface area contributed by atoms with Gasteiger partial charge in [0, 0.05) is 6.07 Å². The number of alkyl halides is 1. The minimum atomic E-state index is -0.351. The lowest BCUT2D eigenvalue weighted by molar-refractivity contribution is 0.414. The van der Waals surface area contributed by atoms with Gasteiger partial charge < -0.3 is 4.74 Å². The molecule has 20 heavy (non-hydrogen) atoms. The Hall–Kier alpha value is -2.07. The highest BCUT2D eigenvalue weighted by molar-refractivity contribution is 6.17. The fraction of sp³-hybridized carbons (Fsp3) is 0.133. The summed E-state index contributed by atoms with van der Waals surface area (Å²) in [4.78, 5) is 4.28. The van der Waals surface area contributed by atoms with Crippen molar-refractivity contribution in [2.75, 3.05) is 7.11 Å². The van der Waals surface area contributed by atoms with Gasteiger partial charge in [0.25, 0.3) is 0 Å². The number of fused-ring (bicyclic) bond motifs is 1. The summed E-state index contributed by atoms with van der Waals surface area (Å²) in [5.41, 5.74) is 1.85. The Bertz CT molecular complexity index is 770. The fourth-order valence-electron chi connectivity index (χ4n) is 2.24. The van der Waals surface area contributed by atoms with E-state index in [-0.39, 0.29) is 11.7 Å². The van der Waals surface area contributed by atoms with Crippen molar-refractivity contribution in [2.45, 2.75) is 5.88 Å². The van der Waals surface area contributed by atoms with Crippen LogP contribution < -0.4 is 4.74 Å². The highest BCUT2D eigenvalue weighted by Gasteiger charge is 2.14. The first-order chi connectivity index (χ1) is 9.74. The third kappa shape index (κ3) is 2.02. The SMILES string of the molecule is COc1cccc(-n2c(CCl)nc3c(F)cccc32)c1. The Morgan fingerprint density at radius 3 is 2.80 bits per heavy atom. The molecule has 0 saturated carbocycles. The van der Waals surface area contributed by atoms with Crippen molar-refractivity contribution in [3.63, 3.8) is 0 Å². The molecule has 5 heteroatoms. The number of imidazole rings is 1. The van der Waals surface area contributed by atoms with Crippen molar-refractivity contribution in [3.8, 4) is 11.4 Å². The van der Waals surface area contributed by atoms with Gasteiger partial charge in [-0.1, -0.05) is 12.1 Å². The second-order valence-corrected chi connectivity index (χ2v) is 4.57. The molecular formula is C15H12ClFN2O. The average Bonchev–Trinajstić information content (AvgIpc) is 2.87. The number of rotatable bonds is 3. The molecule has 3 nitrogen and oxygen atoms in total. The van der Waals surface area contributed by atoms with E-state index in [1.165, 1.54) is 6.07 Å². The number of methoxy groups -OCH3 is 1. The van der Waals surface area contributed by atoms with Crippen LogP contribution in [0.15, 0.2) is 42.5 Å². The van der Waals surface area contributed by atoms with Gasteiger partial charge >= 0.3 is 0 Å². The van der Waals surface area contributed by atoms with E-state index in [0.717, 1.165) is 11.4 Å². The largest absolute Gasteiger partial charge is 0.497 e. The number of para-hydroxylation sites is 1. The average molecular weight is 291 g/mol. The number of benzene rings is 2. The molecule has 0 fully saturated rings. The molecule has 102 valence electrons. The van der Waals surface area contributed by atoms with Gasteiger partial charge in [-0.15, -0.1) is 11.6 Å². The molecule has 0 amide bonds. The monoisotopic (exact) mass is 290 g/mol. The molecular weight excluding hydrogens is 279 g/mol. The molecule has 0 N–H and O–H groups in total. The first-order valence-electron chi connectivity index (χ1n) is 6.11. The van der Waals surface area contributed by atoms with Gasteiger partial charge in [0.15, 0.2) is 5.82 Å². The zero-order valence-corrected chi connectivity index (χ0v) is 11.6. The van der Waals surface area contributed by atoms with Crippen molar-refractivity contribution < 1.29 is 9.13 Å². The topological polar surface area (TPSA) is 27.1 Å². The lowest BCUT2D eigenvalue weighted by Gasteiger charge is -2.09. The molecule has 1 heterocycles. The minimum absolute atomic E-state index is 0.200. The van der Waals surface area contributed by atoms with Gasteiger partial charge in [-0.2, -0.15) is 0 Å². The van der Waals surface area contributed by atoms with Gasteiger partial charge in [-0.05, 0) is 24.3 Å². The smallest absolute Gasteiger partial charge is 0.151 e. The Morgan fingerprint density at radius 2 is 2.05 bits per heavy atom. The Balaban J connectivity index is 2.31. The van der Waals surface area contributed by atoms with Crippen LogP contribution in [-0.2, 0) is 5.88 Å². The van der Waals surface area contributed by atoms with Crippen LogP contribution >= 0.6 is 11.6 Å². The number of halogens is 2. The third-order valence-corrected chi connectivity index (χ3v) is 3.38. The van der Waals surface area contributed by atoms with E-state index in [4.69, 9.17) is 16.3 Å². The highest BCUT2D eigenvalue weighted by Crippen LogP contribution is 2.26. The first-order valence-corrected chi connectivity index (χ1v) is 6.64. The summed E-state index contributed by atoms with van der Waals surface area (Å²) >= 11 is 5.94. The first kappa shape index (κ1) is 12.9. The van der Waals surface area contributed by atoms with Gasteiger partial charge in [0.2, 0.25) is 0 Å². The van der Waals surface area contributed by atoms with E-state index in [9.17, 15) is 4.39 Å². The van der Waals surface area contributed by atoms with Crippen molar-refractivity contribution in [2.24, 2.45) is 0 Å². The predicted molar refractivity (Wildman–Crippen MR) is 77.1 cm³/mol. The zero-order valence-electron chi connectivity index (χ0n) is 10.8. The van der Waals surface area contributed by atoms with Gasteiger partial charge in [-0.25, -0.2) is 9.37 Å². The summed E-state index contributed by atoms with van der Waals surface area (Å²) in [6, 6.07) is 12.4. The van der Waals surface area contributed by atoms with Crippen LogP contribution in [-0.4, -0.2) is 16.7 Å². The number of hydrogen-bond acceptors (Lipinski definition) is 2. The van der Waals surface area contributed by atoms with Crippen LogP contribution in [0.5, 0.6) is 5.75 Å². The van der Waals surface area contributed by atoms with Gasteiger partial charge in [0.05, 0.1) is 24.2 Å². The van der Waals surface area contributed by atoms with E-state index in [2.05, 4.69) is 4.98 Å². The van der Waals surface area contributed by atoms with Crippen molar-refractivity contribution in [3.05, 3.63) is 54.1 Å². The molecule has 2 aromatic carbocycles. The fourth-order valence-corrected chi connectivity index (χ4v) is 2.42. The number of hydrogen-bond donors (Lipinski definition) is 0. The quantitative estimate of drug-likeness (QED) is 0.684. The summed E-state index contributed by atoms with van der Waals surface area (Å²) in [7, 11) is 1.60. The Labute approximate surface area is 120 Å². The normalized spacial score (nSPS) is 10.9. The van der Waals surface area contributed by atoms with Crippen LogP contribution in [0, 0.1) is 5.82 Å². The Morgan fingerprint density at radius 1 is 1.25 bits per heavy atom. The predicted octanol–water partition coefficient (Wildman–Crippen LogP) is 3.91. The molecule has 0 radical (unpaired) electrons. The van der Waals surface area contributed by atoms with Crippen molar-refractivity contribution in [1.29, 1.82) is 0 Å². The summed E-state index contributed by atoms with van der Waals surface area (Å²) in [6.07, 6.45) is 0. The van der Waals surface area contributed by atoms with Crippen LogP contribution in [0.25, 0.3) is 16.7 Å². The van der Waals surface area contributed by atoms with E-state index in [0.29, 0.717) is 16.9 Å². The molecule has 0 saturated heterocycles. The van der Waals surface area contributed by atoms with Crippen LogP contribution in [0.1, 0.15) is 5.82 Å². The highest BCUT2D eigenvalue weighted by atomic mass is 35.5. The molecule has 3 aromatic rings. The second-order valence-electron chi connectivity index (χ2n) is 4.31. The summed E-state index contributed by atoms with van der Waals surface area (Å²) in [5, 5.41) is 0. The van der Waals surface area contributed by atoms with Gasteiger partial charge in [-0.3, -0.25) is 4.57 Å². The second kappa shape index (κ2) is 5.13. The zero-order chi connectivity index (χ0) is 14.1. The molecule has 0 aliphatic rings. The van der Waals surface area contributed by atoms with E-state index in [1.54, 1.807) is 13.2 Å². The lowest BCUT2D eigenvalue weighted by Crippen LogP contribution is -1.99.